The first-order valence-electron chi connectivity index (χ1n) is 12.6. The van der Waals surface area contributed by atoms with Crippen LogP contribution in [0.1, 0.15) is 55.3 Å². The predicted molar refractivity (Wildman–Crippen MR) is 135 cm³/mol. The summed E-state index contributed by atoms with van der Waals surface area (Å²) in [6.07, 6.45) is 2.13. The zero-order valence-electron chi connectivity index (χ0n) is 20.9. The molecule has 0 aliphatic heterocycles. The quantitative estimate of drug-likeness (QED) is 0.331. The van der Waals surface area contributed by atoms with Crippen LogP contribution in [0.25, 0.3) is 0 Å². The standard InChI is InChI=1S/C27H34F3N3O4/c1-36-22-13-11-21(12-14-22)31-16-17-32-26(35)24(15-10-19-6-3-2-4-7-19)33-25(34)20-8-5-9-23(18-20)37-27(28,29)30/h5,8-9,11-14,18-19,24,31H,2-4,6-7,10,15-17H2,1H3,(H,32,35)(H,33,34)/t24-/m0/s1. The minimum atomic E-state index is -4.86. The van der Waals surface area contributed by atoms with Crippen molar-refractivity contribution < 1.29 is 32.2 Å². The molecule has 0 saturated heterocycles. The summed E-state index contributed by atoms with van der Waals surface area (Å²) in [4.78, 5) is 25.8. The van der Waals surface area contributed by atoms with Gasteiger partial charge in [-0.15, -0.1) is 13.2 Å². The highest BCUT2D eigenvalue weighted by molar-refractivity contribution is 5.97. The summed E-state index contributed by atoms with van der Waals surface area (Å²) >= 11 is 0. The van der Waals surface area contributed by atoms with Gasteiger partial charge in [-0.3, -0.25) is 9.59 Å². The molecule has 0 bridgehead atoms. The van der Waals surface area contributed by atoms with Crippen molar-refractivity contribution in [2.75, 3.05) is 25.5 Å². The molecule has 1 fully saturated rings. The van der Waals surface area contributed by atoms with Crippen molar-refractivity contribution in [1.29, 1.82) is 0 Å². The maximum Gasteiger partial charge on any atom is 0.573 e. The Kier molecular flexibility index (Phi) is 10.5. The lowest BCUT2D eigenvalue weighted by atomic mass is 9.85. The molecule has 202 valence electrons. The Bertz CT molecular complexity index is 1010. The summed E-state index contributed by atoms with van der Waals surface area (Å²) < 4.78 is 46.8. The van der Waals surface area contributed by atoms with Gasteiger partial charge in [0.15, 0.2) is 0 Å². The fourth-order valence-corrected chi connectivity index (χ4v) is 4.45. The van der Waals surface area contributed by atoms with Gasteiger partial charge in [0.1, 0.15) is 17.5 Å². The number of hydrogen-bond donors (Lipinski definition) is 3. The van der Waals surface area contributed by atoms with Crippen LogP contribution in [0.15, 0.2) is 48.5 Å². The highest BCUT2D eigenvalue weighted by Gasteiger charge is 2.31. The average Bonchev–Trinajstić information content (AvgIpc) is 2.89. The summed E-state index contributed by atoms with van der Waals surface area (Å²) in [6.45, 7) is 0.799. The molecule has 0 spiro atoms. The lowest BCUT2D eigenvalue weighted by Crippen LogP contribution is -2.47. The second-order valence-corrected chi connectivity index (χ2v) is 9.13. The van der Waals surface area contributed by atoms with Crippen molar-refractivity contribution in [3.05, 3.63) is 54.1 Å². The summed E-state index contributed by atoms with van der Waals surface area (Å²) in [6, 6.07) is 11.4. The average molecular weight is 522 g/mol. The largest absolute Gasteiger partial charge is 0.573 e. The van der Waals surface area contributed by atoms with Gasteiger partial charge in [-0.2, -0.15) is 0 Å². The zero-order chi connectivity index (χ0) is 26.7. The van der Waals surface area contributed by atoms with E-state index in [1.165, 1.54) is 18.6 Å². The van der Waals surface area contributed by atoms with Crippen molar-refractivity contribution >= 4 is 17.5 Å². The van der Waals surface area contributed by atoms with E-state index in [0.717, 1.165) is 55.7 Å². The highest BCUT2D eigenvalue weighted by atomic mass is 19.4. The van der Waals surface area contributed by atoms with Crippen molar-refractivity contribution in [3.8, 4) is 11.5 Å². The molecule has 0 heterocycles. The second kappa shape index (κ2) is 13.8. The first kappa shape index (κ1) is 28.1. The molecule has 0 radical (unpaired) electrons. The summed E-state index contributed by atoms with van der Waals surface area (Å²) in [5.74, 6) is -0.212. The molecule has 2 aromatic rings. The molecule has 1 atom stereocenters. The summed E-state index contributed by atoms with van der Waals surface area (Å²) in [5.41, 5.74) is 0.858. The molecule has 2 amide bonds. The van der Waals surface area contributed by atoms with Gasteiger partial charge in [-0.05, 0) is 61.2 Å². The Morgan fingerprint density at radius 2 is 1.73 bits per heavy atom. The number of carbonyl (C=O) groups excluding carboxylic acids is 2. The van der Waals surface area contributed by atoms with E-state index in [2.05, 4.69) is 20.7 Å². The van der Waals surface area contributed by atoms with Crippen molar-refractivity contribution in [2.24, 2.45) is 5.92 Å². The zero-order valence-corrected chi connectivity index (χ0v) is 20.9. The maximum atomic E-state index is 13.0. The van der Waals surface area contributed by atoms with E-state index in [0.29, 0.717) is 25.4 Å². The molecule has 7 nitrogen and oxygen atoms in total. The minimum absolute atomic E-state index is 0.0154. The van der Waals surface area contributed by atoms with Crippen LogP contribution in [-0.4, -0.2) is 44.4 Å². The number of nitrogens with one attached hydrogen (secondary N) is 3. The van der Waals surface area contributed by atoms with Crippen LogP contribution in [0.3, 0.4) is 0 Å². The molecule has 2 aromatic carbocycles. The van der Waals surface area contributed by atoms with Gasteiger partial charge in [0, 0.05) is 24.3 Å². The van der Waals surface area contributed by atoms with E-state index in [-0.39, 0.29) is 11.5 Å². The molecule has 3 rings (SSSR count). The Labute approximate surface area is 215 Å². The number of halogens is 3. The Morgan fingerprint density at radius 1 is 1.00 bits per heavy atom. The molecule has 0 aromatic heterocycles. The topological polar surface area (TPSA) is 88.7 Å². The third kappa shape index (κ3) is 9.86. The lowest BCUT2D eigenvalue weighted by Gasteiger charge is -2.24. The number of ether oxygens (including phenoxy) is 2. The van der Waals surface area contributed by atoms with Gasteiger partial charge in [0.05, 0.1) is 7.11 Å². The highest BCUT2D eigenvalue weighted by Crippen LogP contribution is 2.28. The molecular formula is C27H34F3N3O4. The van der Waals surface area contributed by atoms with Crippen LogP contribution in [0.4, 0.5) is 18.9 Å². The maximum absolute atomic E-state index is 13.0. The monoisotopic (exact) mass is 521 g/mol. The van der Waals surface area contributed by atoms with Crippen LogP contribution < -0.4 is 25.4 Å². The van der Waals surface area contributed by atoms with Crippen LogP contribution >= 0.6 is 0 Å². The van der Waals surface area contributed by atoms with Crippen molar-refractivity contribution in [3.63, 3.8) is 0 Å². The van der Waals surface area contributed by atoms with Gasteiger partial charge in [-0.1, -0.05) is 38.2 Å². The minimum Gasteiger partial charge on any atom is -0.497 e. The molecule has 1 saturated carbocycles. The van der Waals surface area contributed by atoms with E-state index in [9.17, 15) is 22.8 Å². The van der Waals surface area contributed by atoms with Crippen LogP contribution in [-0.2, 0) is 4.79 Å². The second-order valence-electron chi connectivity index (χ2n) is 9.13. The number of anilines is 1. The fourth-order valence-electron chi connectivity index (χ4n) is 4.45. The van der Waals surface area contributed by atoms with E-state index < -0.39 is 24.1 Å². The van der Waals surface area contributed by atoms with Crippen LogP contribution in [0.2, 0.25) is 0 Å². The normalized spacial score (nSPS) is 14.9. The first-order valence-corrected chi connectivity index (χ1v) is 12.6. The van der Waals surface area contributed by atoms with Crippen LogP contribution in [0.5, 0.6) is 11.5 Å². The third-order valence-corrected chi connectivity index (χ3v) is 6.38. The molecule has 3 N–H and O–H groups in total. The number of methoxy groups -OCH3 is 1. The van der Waals surface area contributed by atoms with Gasteiger partial charge in [0.25, 0.3) is 5.91 Å². The van der Waals surface area contributed by atoms with E-state index in [4.69, 9.17) is 4.74 Å². The number of benzene rings is 2. The fraction of sp³-hybridized carbons (Fsp3) is 0.481. The molecule has 37 heavy (non-hydrogen) atoms. The number of amides is 2. The number of rotatable bonds is 12. The Morgan fingerprint density at radius 3 is 2.41 bits per heavy atom. The van der Waals surface area contributed by atoms with Gasteiger partial charge < -0.3 is 25.4 Å². The van der Waals surface area contributed by atoms with E-state index in [1.807, 2.05) is 24.3 Å². The number of hydrogen-bond acceptors (Lipinski definition) is 5. The SMILES string of the molecule is COc1ccc(NCCNC(=O)[C@H](CCC2CCCCC2)NC(=O)c2cccc(OC(F)(F)F)c2)cc1. The molecule has 10 heteroatoms. The van der Waals surface area contributed by atoms with Crippen LogP contribution in [0, 0.1) is 5.92 Å². The van der Waals surface area contributed by atoms with Gasteiger partial charge in [0.2, 0.25) is 5.91 Å². The predicted octanol–water partition coefficient (Wildman–Crippen LogP) is 5.28. The third-order valence-electron chi connectivity index (χ3n) is 6.38. The smallest absolute Gasteiger partial charge is 0.497 e. The molecule has 0 unspecified atom stereocenters. The van der Waals surface area contributed by atoms with Gasteiger partial charge >= 0.3 is 6.36 Å². The Balaban J connectivity index is 1.57. The summed E-state index contributed by atoms with van der Waals surface area (Å²) in [7, 11) is 1.59. The lowest BCUT2D eigenvalue weighted by molar-refractivity contribution is -0.274. The number of carbonyl (C=O) groups is 2. The Hall–Kier alpha value is -3.43. The summed E-state index contributed by atoms with van der Waals surface area (Å²) in [5, 5.41) is 8.76. The molecular weight excluding hydrogens is 487 g/mol. The van der Waals surface area contributed by atoms with Crippen molar-refractivity contribution in [2.45, 2.75) is 57.3 Å². The van der Waals surface area contributed by atoms with E-state index >= 15 is 0 Å². The molecule has 1 aliphatic rings. The van der Waals surface area contributed by atoms with Gasteiger partial charge in [-0.25, -0.2) is 0 Å². The van der Waals surface area contributed by atoms with Crippen molar-refractivity contribution in [1.82, 2.24) is 10.6 Å². The number of alkyl halides is 3. The van der Waals surface area contributed by atoms with E-state index in [1.54, 1.807) is 7.11 Å². The molecule has 1 aliphatic carbocycles. The first-order chi connectivity index (χ1) is 17.7.